The van der Waals surface area contributed by atoms with Crippen molar-refractivity contribution in [3.63, 3.8) is 0 Å². The lowest BCUT2D eigenvalue weighted by molar-refractivity contribution is 0.641. The Labute approximate surface area is 348 Å². The van der Waals surface area contributed by atoms with Crippen molar-refractivity contribution in [1.82, 2.24) is 0 Å². The summed E-state index contributed by atoms with van der Waals surface area (Å²) in [6, 6.07) is 78.4. The number of anilines is 3. The van der Waals surface area contributed by atoms with E-state index in [1.807, 2.05) is 0 Å². The van der Waals surface area contributed by atoms with Gasteiger partial charge in [0.2, 0.25) is 0 Å². The predicted molar refractivity (Wildman–Crippen MR) is 251 cm³/mol. The van der Waals surface area contributed by atoms with Crippen LogP contribution in [0.1, 0.15) is 49.9 Å². The molecule has 9 aromatic rings. The quantitative estimate of drug-likeness (QED) is 0.149. The lowest BCUT2D eigenvalue weighted by Crippen LogP contribution is -2.20. The van der Waals surface area contributed by atoms with Crippen molar-refractivity contribution >= 4 is 27.8 Å². The van der Waals surface area contributed by atoms with Crippen molar-refractivity contribution in [1.29, 1.82) is 0 Å². The first-order chi connectivity index (χ1) is 28.8. The fraction of sp³-hybridized carbons (Fsp3) is 0.103. The average molecular weight is 758 g/mol. The number of hydrogen-bond donors (Lipinski definition) is 0. The molecule has 0 bridgehead atoms. The normalized spacial score (nSPS) is 12.9. The van der Waals surface area contributed by atoms with E-state index in [-0.39, 0.29) is 10.8 Å². The minimum Gasteiger partial charge on any atom is -0.309 e. The molecule has 0 saturated heterocycles. The standard InChI is InChI=1S/C58H47N/c1-57(2,45-26-12-7-13-27-45)46-32-36-54(50(38-46)41-21-10-6-11-22-41)59(47-33-34-53-51(39-47)49-29-16-17-30-52(49)58(53,3)4)55-35-31-42-23-14-15-28-48(42)56(55)44-25-18-24-43(37-44)40-19-8-5-9-20-40/h5-39H,1-4H3. The second-order valence-electron chi connectivity index (χ2n) is 17.0. The Bertz CT molecular complexity index is 2980. The van der Waals surface area contributed by atoms with Gasteiger partial charge in [0, 0.05) is 27.6 Å². The molecule has 0 aromatic heterocycles. The van der Waals surface area contributed by atoms with Crippen molar-refractivity contribution in [3.8, 4) is 44.5 Å². The molecular weight excluding hydrogens is 711 g/mol. The lowest BCUT2D eigenvalue weighted by Gasteiger charge is -2.33. The first-order valence-corrected chi connectivity index (χ1v) is 20.8. The summed E-state index contributed by atoms with van der Waals surface area (Å²) in [5.41, 5.74) is 18.1. The first kappa shape index (κ1) is 36.4. The summed E-state index contributed by atoms with van der Waals surface area (Å²) in [7, 11) is 0. The van der Waals surface area contributed by atoms with Gasteiger partial charge in [-0.1, -0.05) is 204 Å². The SMILES string of the molecule is CC(C)(c1ccccc1)c1ccc(N(c2ccc3c(c2)-c2ccccc2C3(C)C)c2ccc3ccccc3c2-c2cccc(-c3ccccc3)c2)c(-c2ccccc2)c1. The molecule has 1 aliphatic carbocycles. The average Bonchev–Trinajstić information content (AvgIpc) is 3.52. The number of hydrogen-bond acceptors (Lipinski definition) is 1. The van der Waals surface area contributed by atoms with E-state index in [0.29, 0.717) is 0 Å². The van der Waals surface area contributed by atoms with Crippen LogP contribution in [-0.2, 0) is 10.8 Å². The Hall–Kier alpha value is -6.96. The zero-order valence-electron chi connectivity index (χ0n) is 34.2. The fourth-order valence-electron chi connectivity index (χ4n) is 9.48. The van der Waals surface area contributed by atoms with Gasteiger partial charge in [-0.05, 0) is 103 Å². The summed E-state index contributed by atoms with van der Waals surface area (Å²) in [5.74, 6) is 0. The molecule has 0 fully saturated rings. The molecule has 0 saturated carbocycles. The molecule has 0 amide bonds. The highest BCUT2D eigenvalue weighted by Gasteiger charge is 2.36. The van der Waals surface area contributed by atoms with Gasteiger partial charge in [0.05, 0.1) is 11.4 Å². The molecule has 0 radical (unpaired) electrons. The summed E-state index contributed by atoms with van der Waals surface area (Å²) in [6.07, 6.45) is 0. The largest absolute Gasteiger partial charge is 0.309 e. The van der Waals surface area contributed by atoms with Crippen LogP contribution in [-0.4, -0.2) is 0 Å². The van der Waals surface area contributed by atoms with E-state index in [0.717, 1.165) is 17.1 Å². The van der Waals surface area contributed by atoms with Crippen LogP contribution in [0.2, 0.25) is 0 Å². The minimum atomic E-state index is -0.219. The maximum atomic E-state index is 2.53. The van der Waals surface area contributed by atoms with Crippen LogP contribution in [0.3, 0.4) is 0 Å². The van der Waals surface area contributed by atoms with Gasteiger partial charge in [-0.2, -0.15) is 0 Å². The minimum absolute atomic E-state index is 0.0961. The molecule has 59 heavy (non-hydrogen) atoms. The molecule has 284 valence electrons. The van der Waals surface area contributed by atoms with Crippen LogP contribution >= 0.6 is 0 Å². The third-order valence-corrected chi connectivity index (χ3v) is 12.8. The number of fused-ring (bicyclic) bond motifs is 4. The molecule has 0 aliphatic heterocycles. The van der Waals surface area contributed by atoms with Gasteiger partial charge in [0.25, 0.3) is 0 Å². The van der Waals surface area contributed by atoms with Crippen LogP contribution in [0, 0.1) is 0 Å². The molecule has 0 heterocycles. The van der Waals surface area contributed by atoms with E-state index in [1.54, 1.807) is 0 Å². The Morgan fingerprint density at radius 3 is 1.78 bits per heavy atom. The number of nitrogens with zero attached hydrogens (tertiary/aromatic N) is 1. The number of rotatable bonds is 8. The van der Waals surface area contributed by atoms with E-state index in [2.05, 4.69) is 245 Å². The van der Waals surface area contributed by atoms with Crippen molar-refractivity contribution in [3.05, 3.63) is 235 Å². The molecule has 0 unspecified atom stereocenters. The summed E-state index contributed by atoms with van der Waals surface area (Å²) in [5, 5.41) is 2.43. The van der Waals surface area contributed by atoms with E-state index in [1.165, 1.54) is 77.5 Å². The third kappa shape index (κ3) is 6.26. The molecule has 0 spiro atoms. The van der Waals surface area contributed by atoms with Crippen molar-refractivity contribution < 1.29 is 0 Å². The summed E-state index contributed by atoms with van der Waals surface area (Å²) >= 11 is 0. The Morgan fingerprint density at radius 2 is 1.00 bits per heavy atom. The Morgan fingerprint density at radius 1 is 0.390 bits per heavy atom. The molecule has 1 aliphatic rings. The summed E-state index contributed by atoms with van der Waals surface area (Å²) in [4.78, 5) is 2.53. The smallest absolute Gasteiger partial charge is 0.0546 e. The van der Waals surface area contributed by atoms with Crippen LogP contribution in [0.15, 0.2) is 212 Å². The summed E-state index contributed by atoms with van der Waals surface area (Å²) in [6.45, 7) is 9.39. The third-order valence-electron chi connectivity index (χ3n) is 12.8. The van der Waals surface area contributed by atoms with Gasteiger partial charge in [-0.15, -0.1) is 0 Å². The topological polar surface area (TPSA) is 3.24 Å². The van der Waals surface area contributed by atoms with E-state index in [9.17, 15) is 0 Å². The molecule has 9 aromatic carbocycles. The highest BCUT2D eigenvalue weighted by atomic mass is 15.1. The monoisotopic (exact) mass is 757 g/mol. The van der Waals surface area contributed by atoms with Crippen LogP contribution in [0.5, 0.6) is 0 Å². The molecule has 1 nitrogen and oxygen atoms in total. The molecule has 0 N–H and O–H groups in total. The van der Waals surface area contributed by atoms with Gasteiger partial charge in [-0.25, -0.2) is 0 Å². The zero-order valence-corrected chi connectivity index (χ0v) is 34.2. The Balaban J connectivity index is 1.28. The van der Waals surface area contributed by atoms with Crippen LogP contribution in [0.25, 0.3) is 55.3 Å². The first-order valence-electron chi connectivity index (χ1n) is 20.8. The molecule has 0 atom stereocenters. The van der Waals surface area contributed by atoms with E-state index in [4.69, 9.17) is 0 Å². The van der Waals surface area contributed by atoms with Gasteiger partial charge < -0.3 is 4.90 Å². The fourth-order valence-corrected chi connectivity index (χ4v) is 9.48. The summed E-state index contributed by atoms with van der Waals surface area (Å²) < 4.78 is 0. The lowest BCUT2D eigenvalue weighted by atomic mass is 9.77. The second kappa shape index (κ2) is 14.5. The van der Waals surface area contributed by atoms with E-state index >= 15 is 0 Å². The van der Waals surface area contributed by atoms with Gasteiger partial charge in [0.1, 0.15) is 0 Å². The Kier molecular flexibility index (Phi) is 8.91. The number of benzene rings is 9. The zero-order chi connectivity index (χ0) is 40.1. The van der Waals surface area contributed by atoms with E-state index < -0.39 is 0 Å². The molecule has 1 heteroatoms. The molecular formula is C58H47N. The maximum absolute atomic E-state index is 2.53. The highest BCUT2D eigenvalue weighted by molar-refractivity contribution is 6.07. The van der Waals surface area contributed by atoms with Crippen molar-refractivity contribution in [2.45, 2.75) is 38.5 Å². The predicted octanol–water partition coefficient (Wildman–Crippen LogP) is 15.9. The van der Waals surface area contributed by atoms with Gasteiger partial charge in [-0.3, -0.25) is 0 Å². The van der Waals surface area contributed by atoms with Crippen LogP contribution in [0.4, 0.5) is 17.1 Å². The van der Waals surface area contributed by atoms with Crippen LogP contribution < -0.4 is 4.90 Å². The van der Waals surface area contributed by atoms with Gasteiger partial charge >= 0.3 is 0 Å². The maximum Gasteiger partial charge on any atom is 0.0546 e. The van der Waals surface area contributed by atoms with Crippen molar-refractivity contribution in [2.24, 2.45) is 0 Å². The van der Waals surface area contributed by atoms with Crippen molar-refractivity contribution in [2.75, 3.05) is 4.90 Å². The second-order valence-corrected chi connectivity index (χ2v) is 17.0. The highest BCUT2D eigenvalue weighted by Crippen LogP contribution is 2.53. The van der Waals surface area contributed by atoms with Gasteiger partial charge in [0.15, 0.2) is 0 Å². The molecule has 10 rings (SSSR count).